The molecule has 156 valence electrons. The van der Waals surface area contributed by atoms with Gasteiger partial charge in [0, 0.05) is 12.6 Å². The molecular formula is C16H11F6N3O4. The smallest absolute Gasteiger partial charge is 0.333 e. The number of nitro benzene ring substituents is 2. The molecule has 0 heterocycles. The number of hydrogen-bond donors (Lipinski definition) is 0. The Morgan fingerprint density at radius 1 is 1.00 bits per heavy atom. The molecule has 0 fully saturated rings. The molecule has 0 amide bonds. The standard InChI is InChI=1S/C16H11F6N3O4/c1-2-5-23(11-4-3-10(17)13(18)14(11)19)15-9(16(20,21)22)6-8(24(26)27)7-12(15)25(28)29/h3-4,6-7H,2,5H2,1H3. The van der Waals surface area contributed by atoms with Gasteiger partial charge < -0.3 is 4.90 Å². The van der Waals surface area contributed by atoms with E-state index in [-0.39, 0.29) is 18.6 Å². The lowest BCUT2D eigenvalue weighted by molar-refractivity contribution is -0.394. The maximum absolute atomic E-state index is 14.3. The molecule has 0 aromatic heterocycles. The second-order valence-electron chi connectivity index (χ2n) is 5.72. The molecule has 0 saturated carbocycles. The van der Waals surface area contributed by atoms with Gasteiger partial charge in [0.25, 0.3) is 11.4 Å². The molecule has 0 saturated heterocycles. The zero-order chi connectivity index (χ0) is 22.1. The number of benzene rings is 2. The molecule has 0 N–H and O–H groups in total. The summed E-state index contributed by atoms with van der Waals surface area (Å²) >= 11 is 0. The number of anilines is 2. The minimum absolute atomic E-state index is 0.0177. The Balaban J connectivity index is 2.95. The molecule has 0 unspecified atom stereocenters. The molecular weight excluding hydrogens is 412 g/mol. The van der Waals surface area contributed by atoms with Gasteiger partial charge in [-0.05, 0) is 18.6 Å². The molecule has 7 nitrogen and oxygen atoms in total. The second-order valence-corrected chi connectivity index (χ2v) is 5.72. The van der Waals surface area contributed by atoms with Crippen LogP contribution >= 0.6 is 0 Å². The molecule has 0 radical (unpaired) electrons. The number of alkyl halides is 3. The SMILES string of the molecule is CCCN(c1ccc(F)c(F)c1F)c1c([N+](=O)[O-])cc([N+](=O)[O-])cc1C(F)(F)F. The number of nitrogens with zero attached hydrogens (tertiary/aromatic N) is 3. The summed E-state index contributed by atoms with van der Waals surface area (Å²) < 4.78 is 81.9. The third-order valence-corrected chi connectivity index (χ3v) is 3.81. The van der Waals surface area contributed by atoms with Gasteiger partial charge in [-0.15, -0.1) is 0 Å². The van der Waals surface area contributed by atoms with Gasteiger partial charge in [0.15, 0.2) is 17.5 Å². The van der Waals surface area contributed by atoms with E-state index in [9.17, 15) is 46.6 Å². The van der Waals surface area contributed by atoms with Crippen molar-refractivity contribution in [3.63, 3.8) is 0 Å². The first kappa shape index (κ1) is 21.9. The first-order valence-corrected chi connectivity index (χ1v) is 7.85. The fourth-order valence-electron chi connectivity index (χ4n) is 2.65. The molecule has 29 heavy (non-hydrogen) atoms. The van der Waals surface area contributed by atoms with E-state index < -0.39 is 68.3 Å². The van der Waals surface area contributed by atoms with Crippen LogP contribution in [0.5, 0.6) is 0 Å². The third-order valence-electron chi connectivity index (χ3n) is 3.81. The molecule has 0 bridgehead atoms. The highest BCUT2D eigenvalue weighted by molar-refractivity contribution is 5.78. The summed E-state index contributed by atoms with van der Waals surface area (Å²) in [6, 6.07) is 1.41. The van der Waals surface area contributed by atoms with Gasteiger partial charge in [-0.2, -0.15) is 13.2 Å². The maximum Gasteiger partial charge on any atom is 0.418 e. The Hall–Kier alpha value is -3.38. The first-order valence-electron chi connectivity index (χ1n) is 7.85. The van der Waals surface area contributed by atoms with Gasteiger partial charge in [0.1, 0.15) is 5.69 Å². The second kappa shape index (κ2) is 7.93. The summed E-state index contributed by atoms with van der Waals surface area (Å²) in [7, 11) is 0. The van der Waals surface area contributed by atoms with Crippen LogP contribution in [0, 0.1) is 37.7 Å². The molecule has 0 spiro atoms. The van der Waals surface area contributed by atoms with Crippen LogP contribution in [0.15, 0.2) is 24.3 Å². The van der Waals surface area contributed by atoms with Crippen molar-refractivity contribution in [1.82, 2.24) is 0 Å². The van der Waals surface area contributed by atoms with E-state index in [0.29, 0.717) is 17.0 Å². The van der Waals surface area contributed by atoms with Crippen molar-refractivity contribution in [1.29, 1.82) is 0 Å². The van der Waals surface area contributed by atoms with E-state index in [1.54, 1.807) is 0 Å². The summed E-state index contributed by atoms with van der Waals surface area (Å²) in [5, 5.41) is 22.3. The molecule has 2 aromatic rings. The minimum atomic E-state index is -5.31. The Bertz CT molecular complexity index is 980. The summed E-state index contributed by atoms with van der Waals surface area (Å²) in [6.45, 7) is 0.971. The number of hydrogen-bond acceptors (Lipinski definition) is 5. The molecule has 2 rings (SSSR count). The zero-order valence-corrected chi connectivity index (χ0v) is 14.5. The van der Waals surface area contributed by atoms with Crippen molar-refractivity contribution < 1.29 is 36.2 Å². The van der Waals surface area contributed by atoms with E-state index in [1.807, 2.05) is 0 Å². The summed E-state index contributed by atoms with van der Waals surface area (Å²) in [5.41, 5.74) is -6.47. The van der Waals surface area contributed by atoms with Gasteiger partial charge in [-0.1, -0.05) is 6.92 Å². The molecule has 0 aliphatic heterocycles. The van der Waals surface area contributed by atoms with E-state index in [0.717, 1.165) is 0 Å². The average molecular weight is 423 g/mol. The fraction of sp³-hybridized carbons (Fsp3) is 0.250. The lowest BCUT2D eigenvalue weighted by atomic mass is 10.1. The van der Waals surface area contributed by atoms with Crippen LogP contribution in [-0.4, -0.2) is 16.4 Å². The number of halogens is 6. The first-order chi connectivity index (χ1) is 13.4. The molecule has 2 aromatic carbocycles. The van der Waals surface area contributed by atoms with Crippen LogP contribution in [-0.2, 0) is 6.18 Å². The summed E-state index contributed by atoms with van der Waals surface area (Å²) in [4.78, 5) is 20.2. The highest BCUT2D eigenvalue weighted by Crippen LogP contribution is 2.47. The van der Waals surface area contributed by atoms with Gasteiger partial charge >= 0.3 is 6.18 Å². The van der Waals surface area contributed by atoms with Crippen LogP contribution in [0.4, 0.5) is 49.1 Å². The lowest BCUT2D eigenvalue weighted by Gasteiger charge is -2.27. The van der Waals surface area contributed by atoms with E-state index in [1.165, 1.54) is 6.92 Å². The number of non-ortho nitro benzene ring substituents is 1. The predicted octanol–water partition coefficient (Wildman–Crippen LogP) is 5.49. The molecule has 0 aliphatic rings. The van der Waals surface area contributed by atoms with E-state index in [4.69, 9.17) is 0 Å². The van der Waals surface area contributed by atoms with E-state index in [2.05, 4.69) is 0 Å². The van der Waals surface area contributed by atoms with Crippen LogP contribution in [0.25, 0.3) is 0 Å². The lowest BCUT2D eigenvalue weighted by Crippen LogP contribution is -2.25. The Morgan fingerprint density at radius 2 is 1.62 bits per heavy atom. The van der Waals surface area contributed by atoms with Gasteiger partial charge in [-0.25, -0.2) is 13.2 Å². The van der Waals surface area contributed by atoms with Crippen LogP contribution < -0.4 is 4.90 Å². The number of nitro groups is 2. The number of rotatable bonds is 6. The van der Waals surface area contributed by atoms with Gasteiger partial charge in [0.05, 0.1) is 27.2 Å². The largest absolute Gasteiger partial charge is 0.418 e. The van der Waals surface area contributed by atoms with Gasteiger partial charge in [-0.3, -0.25) is 20.2 Å². The Labute approximate surface area is 158 Å². The minimum Gasteiger partial charge on any atom is -0.333 e. The van der Waals surface area contributed by atoms with Crippen molar-refractivity contribution in [2.45, 2.75) is 19.5 Å². The monoisotopic (exact) mass is 423 g/mol. The molecule has 0 aliphatic carbocycles. The topological polar surface area (TPSA) is 89.5 Å². The summed E-state index contributed by atoms with van der Waals surface area (Å²) in [6.07, 6.45) is -5.29. The van der Waals surface area contributed by atoms with Crippen LogP contribution in [0.1, 0.15) is 18.9 Å². The normalized spacial score (nSPS) is 11.4. The van der Waals surface area contributed by atoms with E-state index >= 15 is 0 Å². The van der Waals surface area contributed by atoms with Crippen LogP contribution in [0.2, 0.25) is 0 Å². The predicted molar refractivity (Wildman–Crippen MR) is 88.4 cm³/mol. The third kappa shape index (κ3) is 4.22. The Morgan fingerprint density at radius 3 is 2.10 bits per heavy atom. The van der Waals surface area contributed by atoms with Crippen molar-refractivity contribution in [2.75, 3.05) is 11.4 Å². The maximum atomic E-state index is 14.3. The molecule has 0 atom stereocenters. The van der Waals surface area contributed by atoms with Crippen molar-refractivity contribution in [3.05, 3.63) is 67.5 Å². The van der Waals surface area contributed by atoms with Crippen molar-refractivity contribution >= 4 is 22.7 Å². The van der Waals surface area contributed by atoms with Gasteiger partial charge in [0.2, 0.25) is 0 Å². The van der Waals surface area contributed by atoms with Crippen molar-refractivity contribution in [3.8, 4) is 0 Å². The Kier molecular flexibility index (Phi) is 5.99. The van der Waals surface area contributed by atoms with Crippen LogP contribution in [0.3, 0.4) is 0 Å². The zero-order valence-electron chi connectivity index (χ0n) is 14.5. The highest BCUT2D eigenvalue weighted by atomic mass is 19.4. The fourth-order valence-corrected chi connectivity index (χ4v) is 2.65. The van der Waals surface area contributed by atoms with Crippen molar-refractivity contribution in [2.24, 2.45) is 0 Å². The highest BCUT2D eigenvalue weighted by Gasteiger charge is 2.42. The average Bonchev–Trinajstić information content (AvgIpc) is 2.63. The molecule has 13 heteroatoms. The quantitative estimate of drug-likeness (QED) is 0.265. The summed E-state index contributed by atoms with van der Waals surface area (Å²) in [5.74, 6) is -5.46.